The van der Waals surface area contributed by atoms with Gasteiger partial charge in [-0.3, -0.25) is 0 Å². The molecule has 4 rings (SSSR count). The first-order valence-corrected chi connectivity index (χ1v) is 11.2. The van der Waals surface area contributed by atoms with E-state index in [1.165, 1.54) is 57.2 Å². The summed E-state index contributed by atoms with van der Waals surface area (Å²) < 4.78 is 11.4. The number of carbonyl (C=O) groups is 1. The van der Waals surface area contributed by atoms with Gasteiger partial charge in [0, 0.05) is 6.04 Å². The van der Waals surface area contributed by atoms with Crippen molar-refractivity contribution in [1.82, 2.24) is 4.90 Å². The van der Waals surface area contributed by atoms with Crippen molar-refractivity contribution in [3.8, 4) is 5.75 Å². The van der Waals surface area contributed by atoms with Crippen LogP contribution in [-0.2, 0) is 9.53 Å². The number of likely N-dealkylation sites (tertiary alicyclic amines) is 1. The zero-order valence-electron chi connectivity index (χ0n) is 17.7. The number of nitrogens with zero attached hydrogens (tertiary/aromatic N) is 1. The van der Waals surface area contributed by atoms with Crippen LogP contribution in [0.4, 0.5) is 0 Å². The first-order chi connectivity index (χ1) is 13.5. The van der Waals surface area contributed by atoms with Crippen molar-refractivity contribution in [2.24, 2.45) is 11.8 Å². The molecule has 3 atom stereocenters. The molecular formula is C24H35NO3. The van der Waals surface area contributed by atoms with E-state index in [2.05, 4.69) is 17.0 Å². The van der Waals surface area contributed by atoms with Crippen LogP contribution in [0.3, 0.4) is 0 Å². The number of ether oxygens (including phenoxy) is 2. The van der Waals surface area contributed by atoms with E-state index in [1.807, 2.05) is 19.1 Å². The van der Waals surface area contributed by atoms with Gasteiger partial charge in [0.05, 0.1) is 6.61 Å². The van der Waals surface area contributed by atoms with Gasteiger partial charge in [-0.05, 0) is 95.3 Å². The van der Waals surface area contributed by atoms with Gasteiger partial charge in [0.25, 0.3) is 0 Å². The fourth-order valence-corrected chi connectivity index (χ4v) is 5.73. The number of rotatable bonds is 6. The van der Waals surface area contributed by atoms with E-state index in [4.69, 9.17) is 9.47 Å². The number of esters is 1. The highest BCUT2D eigenvalue weighted by Gasteiger charge is 2.43. The summed E-state index contributed by atoms with van der Waals surface area (Å²) in [5.74, 6) is 2.99. The predicted molar refractivity (Wildman–Crippen MR) is 111 cm³/mol. The summed E-state index contributed by atoms with van der Waals surface area (Å²) in [4.78, 5) is 15.0. The lowest BCUT2D eigenvalue weighted by Crippen LogP contribution is -2.43. The van der Waals surface area contributed by atoms with E-state index in [-0.39, 0.29) is 5.97 Å². The molecule has 1 aromatic carbocycles. The lowest BCUT2D eigenvalue weighted by Gasteiger charge is -2.40. The Bertz CT molecular complexity index is 693. The molecule has 1 aliphatic heterocycles. The molecule has 28 heavy (non-hydrogen) atoms. The molecule has 3 aliphatic rings. The molecule has 2 bridgehead atoms. The Morgan fingerprint density at radius 2 is 1.86 bits per heavy atom. The van der Waals surface area contributed by atoms with Crippen molar-refractivity contribution in [2.45, 2.75) is 76.9 Å². The number of para-hydroxylation sites is 1. The smallest absolute Gasteiger partial charge is 0.349 e. The average Bonchev–Trinajstić information content (AvgIpc) is 3.32. The van der Waals surface area contributed by atoms with Gasteiger partial charge < -0.3 is 14.4 Å². The Kier molecular flexibility index (Phi) is 5.69. The molecule has 4 heteroatoms. The van der Waals surface area contributed by atoms with E-state index >= 15 is 0 Å². The van der Waals surface area contributed by atoms with E-state index in [0.29, 0.717) is 12.5 Å². The highest BCUT2D eigenvalue weighted by Crippen LogP contribution is 2.48. The van der Waals surface area contributed by atoms with Crippen LogP contribution < -0.4 is 4.74 Å². The number of hydrogen-bond acceptors (Lipinski definition) is 4. The quantitative estimate of drug-likeness (QED) is 0.661. The second-order valence-corrected chi connectivity index (χ2v) is 9.42. The molecular weight excluding hydrogens is 350 g/mol. The molecule has 0 N–H and O–H groups in total. The number of fused-ring (bicyclic) bond motifs is 2. The molecule has 0 amide bonds. The van der Waals surface area contributed by atoms with Crippen LogP contribution >= 0.6 is 0 Å². The van der Waals surface area contributed by atoms with Gasteiger partial charge >= 0.3 is 5.97 Å². The van der Waals surface area contributed by atoms with Crippen molar-refractivity contribution < 1.29 is 14.3 Å². The minimum Gasteiger partial charge on any atom is -0.476 e. The highest BCUT2D eigenvalue weighted by atomic mass is 16.6. The van der Waals surface area contributed by atoms with Crippen LogP contribution in [0.2, 0.25) is 0 Å². The molecule has 0 radical (unpaired) electrons. The summed E-state index contributed by atoms with van der Waals surface area (Å²) >= 11 is 0. The number of piperidine rings is 1. The standard InChI is InChI=1S/C24H35NO3/c1-4-27-23(26)24(2,3)28-22-8-6-5-7-20(22)18-11-13-25(14-12-18)21-16-17-9-10-19(21)15-17/h5-8,17-19,21H,4,9-16H2,1-3H3/t17-,19-,21-/m0/s1. The van der Waals surface area contributed by atoms with Crippen molar-refractivity contribution in [3.05, 3.63) is 29.8 Å². The fraction of sp³-hybridized carbons (Fsp3) is 0.708. The summed E-state index contributed by atoms with van der Waals surface area (Å²) in [6.45, 7) is 8.15. The maximum atomic E-state index is 12.3. The van der Waals surface area contributed by atoms with Gasteiger partial charge in [-0.25, -0.2) is 4.79 Å². The summed E-state index contributed by atoms with van der Waals surface area (Å²) in [6, 6.07) is 9.09. The highest BCUT2D eigenvalue weighted by molar-refractivity contribution is 5.79. The first kappa shape index (κ1) is 19.8. The van der Waals surface area contributed by atoms with Gasteiger partial charge in [-0.15, -0.1) is 0 Å². The molecule has 2 aliphatic carbocycles. The molecule has 1 aromatic rings. The van der Waals surface area contributed by atoms with E-state index < -0.39 is 5.60 Å². The Labute approximate surface area is 169 Å². The lowest BCUT2D eigenvalue weighted by atomic mass is 9.86. The van der Waals surface area contributed by atoms with E-state index in [9.17, 15) is 4.79 Å². The zero-order chi connectivity index (χ0) is 19.7. The van der Waals surface area contributed by atoms with Crippen molar-refractivity contribution in [2.75, 3.05) is 19.7 Å². The topological polar surface area (TPSA) is 38.8 Å². The third-order valence-corrected chi connectivity index (χ3v) is 7.19. The summed E-state index contributed by atoms with van der Waals surface area (Å²) in [7, 11) is 0. The lowest BCUT2D eigenvalue weighted by molar-refractivity contribution is -0.158. The van der Waals surface area contributed by atoms with Crippen LogP contribution in [0, 0.1) is 11.8 Å². The Morgan fingerprint density at radius 1 is 1.11 bits per heavy atom. The maximum absolute atomic E-state index is 12.3. The van der Waals surface area contributed by atoms with Crippen LogP contribution in [0.15, 0.2) is 24.3 Å². The second-order valence-electron chi connectivity index (χ2n) is 9.42. The van der Waals surface area contributed by atoms with Gasteiger partial charge in [0.1, 0.15) is 5.75 Å². The van der Waals surface area contributed by atoms with Crippen LogP contribution in [-0.4, -0.2) is 42.2 Å². The van der Waals surface area contributed by atoms with Gasteiger partial charge in [-0.2, -0.15) is 0 Å². The van der Waals surface area contributed by atoms with Crippen LogP contribution in [0.25, 0.3) is 0 Å². The second kappa shape index (κ2) is 8.06. The number of carbonyl (C=O) groups excluding carboxylic acids is 1. The third kappa shape index (κ3) is 3.94. The monoisotopic (exact) mass is 385 g/mol. The summed E-state index contributed by atoms with van der Waals surface area (Å²) in [5.41, 5.74) is 0.267. The minimum absolute atomic E-state index is 0.309. The molecule has 2 saturated carbocycles. The third-order valence-electron chi connectivity index (χ3n) is 7.19. The molecule has 0 unspecified atom stereocenters. The van der Waals surface area contributed by atoms with Crippen molar-refractivity contribution in [1.29, 1.82) is 0 Å². The fourth-order valence-electron chi connectivity index (χ4n) is 5.73. The normalized spacial score (nSPS) is 28.5. The Balaban J connectivity index is 1.41. The minimum atomic E-state index is -0.976. The van der Waals surface area contributed by atoms with Crippen LogP contribution in [0.5, 0.6) is 5.75 Å². The molecule has 154 valence electrons. The van der Waals surface area contributed by atoms with Crippen LogP contribution in [0.1, 0.15) is 70.8 Å². The van der Waals surface area contributed by atoms with E-state index in [0.717, 1.165) is 23.6 Å². The molecule has 1 saturated heterocycles. The Hall–Kier alpha value is -1.55. The van der Waals surface area contributed by atoms with E-state index in [1.54, 1.807) is 13.8 Å². The predicted octanol–water partition coefficient (Wildman–Crippen LogP) is 4.78. The zero-order valence-corrected chi connectivity index (χ0v) is 17.7. The average molecular weight is 386 g/mol. The molecule has 0 spiro atoms. The van der Waals surface area contributed by atoms with Crippen molar-refractivity contribution in [3.63, 3.8) is 0 Å². The van der Waals surface area contributed by atoms with Crippen molar-refractivity contribution >= 4 is 5.97 Å². The maximum Gasteiger partial charge on any atom is 0.349 e. The first-order valence-electron chi connectivity index (χ1n) is 11.2. The largest absolute Gasteiger partial charge is 0.476 e. The molecule has 1 heterocycles. The number of hydrogen-bond donors (Lipinski definition) is 0. The molecule has 4 nitrogen and oxygen atoms in total. The number of benzene rings is 1. The summed E-state index contributed by atoms with van der Waals surface area (Å²) in [5, 5.41) is 0. The van der Waals surface area contributed by atoms with Gasteiger partial charge in [0.2, 0.25) is 0 Å². The summed E-state index contributed by atoms with van der Waals surface area (Å²) in [6.07, 6.45) is 8.18. The molecule has 0 aromatic heterocycles. The SMILES string of the molecule is CCOC(=O)C(C)(C)Oc1ccccc1C1CCN([C@H]2C[C@H]3CC[C@H]2C3)CC1. The van der Waals surface area contributed by atoms with Gasteiger partial charge in [-0.1, -0.05) is 24.6 Å². The van der Waals surface area contributed by atoms with Gasteiger partial charge in [0.15, 0.2) is 5.60 Å². The molecule has 3 fully saturated rings. The Morgan fingerprint density at radius 3 is 2.50 bits per heavy atom.